The molecule has 1 aromatic rings. The molecular weight excluding hydrogens is 179 g/mol. The predicted octanol–water partition coefficient (Wildman–Crippen LogP) is 2.92. The van der Waals surface area contributed by atoms with Crippen LogP contribution >= 0.6 is 11.6 Å². The van der Waals surface area contributed by atoms with Crippen molar-refractivity contribution in [2.75, 3.05) is 0 Å². The van der Waals surface area contributed by atoms with Crippen molar-refractivity contribution in [3.05, 3.63) is 34.6 Å². The van der Waals surface area contributed by atoms with Gasteiger partial charge in [0.2, 0.25) is 0 Å². The molecule has 66 valence electrons. The summed E-state index contributed by atoms with van der Waals surface area (Å²) >= 11 is 5.70. The molecular formula is C9H10ClFO. The molecule has 0 aliphatic heterocycles. The van der Waals surface area contributed by atoms with Gasteiger partial charge in [-0.1, -0.05) is 24.6 Å². The third-order valence-corrected chi connectivity index (χ3v) is 2.04. The summed E-state index contributed by atoms with van der Waals surface area (Å²) in [6.45, 7) is 1.84. The lowest BCUT2D eigenvalue weighted by Gasteiger charge is -2.09. The summed E-state index contributed by atoms with van der Waals surface area (Å²) in [4.78, 5) is 0. The minimum Gasteiger partial charge on any atom is -0.388 e. The first-order chi connectivity index (χ1) is 5.65. The van der Waals surface area contributed by atoms with E-state index in [0.29, 0.717) is 12.0 Å². The van der Waals surface area contributed by atoms with Crippen molar-refractivity contribution in [1.29, 1.82) is 0 Å². The Hall–Kier alpha value is -0.600. The molecule has 1 aromatic carbocycles. The van der Waals surface area contributed by atoms with Crippen LogP contribution in [0.15, 0.2) is 18.2 Å². The van der Waals surface area contributed by atoms with Crippen LogP contribution in [0, 0.1) is 5.82 Å². The molecule has 0 saturated heterocycles. The molecule has 0 saturated carbocycles. The number of aliphatic hydroxyl groups excluding tert-OH is 1. The van der Waals surface area contributed by atoms with E-state index < -0.39 is 6.10 Å². The Morgan fingerprint density at radius 3 is 2.75 bits per heavy atom. The first-order valence-electron chi connectivity index (χ1n) is 3.78. The molecule has 0 spiro atoms. The maximum Gasteiger partial charge on any atom is 0.124 e. The highest BCUT2D eigenvalue weighted by atomic mass is 35.5. The predicted molar refractivity (Wildman–Crippen MR) is 46.7 cm³/mol. The molecule has 1 N–H and O–H groups in total. The summed E-state index contributed by atoms with van der Waals surface area (Å²) in [7, 11) is 0. The van der Waals surface area contributed by atoms with E-state index in [-0.39, 0.29) is 10.8 Å². The van der Waals surface area contributed by atoms with Gasteiger partial charge >= 0.3 is 0 Å². The Balaban J connectivity index is 3.01. The molecule has 0 unspecified atom stereocenters. The van der Waals surface area contributed by atoms with E-state index in [1.807, 2.05) is 6.92 Å². The second kappa shape index (κ2) is 3.87. The Bertz CT molecular complexity index is 275. The molecule has 0 heterocycles. The van der Waals surface area contributed by atoms with Crippen LogP contribution in [0.5, 0.6) is 0 Å². The van der Waals surface area contributed by atoms with Gasteiger partial charge in [-0.3, -0.25) is 0 Å². The number of halogens is 2. The molecule has 3 heteroatoms. The minimum absolute atomic E-state index is 0.282. The summed E-state index contributed by atoms with van der Waals surface area (Å²) in [6.07, 6.45) is -0.0242. The lowest BCUT2D eigenvalue weighted by molar-refractivity contribution is 0.173. The number of benzene rings is 1. The third-order valence-electron chi connectivity index (χ3n) is 1.71. The van der Waals surface area contributed by atoms with Crippen LogP contribution in [0.4, 0.5) is 4.39 Å². The van der Waals surface area contributed by atoms with Crippen molar-refractivity contribution in [3.8, 4) is 0 Å². The van der Waals surface area contributed by atoms with E-state index in [1.54, 1.807) is 0 Å². The molecule has 1 rings (SSSR count). The van der Waals surface area contributed by atoms with Gasteiger partial charge < -0.3 is 5.11 Å². The van der Waals surface area contributed by atoms with Crippen molar-refractivity contribution in [2.45, 2.75) is 19.4 Å². The van der Waals surface area contributed by atoms with Gasteiger partial charge in [0, 0.05) is 5.02 Å². The van der Waals surface area contributed by atoms with Gasteiger partial charge in [0.25, 0.3) is 0 Å². The fourth-order valence-corrected chi connectivity index (χ4v) is 1.28. The minimum atomic E-state index is -0.599. The molecule has 12 heavy (non-hydrogen) atoms. The van der Waals surface area contributed by atoms with Crippen LogP contribution in [0.25, 0.3) is 0 Å². The van der Waals surface area contributed by atoms with Crippen molar-refractivity contribution in [1.82, 2.24) is 0 Å². The Morgan fingerprint density at radius 2 is 2.25 bits per heavy atom. The largest absolute Gasteiger partial charge is 0.388 e. The van der Waals surface area contributed by atoms with Crippen molar-refractivity contribution in [2.24, 2.45) is 0 Å². The maximum absolute atomic E-state index is 12.5. The summed E-state index contributed by atoms with van der Waals surface area (Å²) in [5, 5.41) is 9.68. The van der Waals surface area contributed by atoms with Crippen LogP contribution < -0.4 is 0 Å². The summed E-state index contributed by atoms with van der Waals surface area (Å²) in [5.74, 6) is -0.382. The van der Waals surface area contributed by atoms with Gasteiger partial charge in [-0.2, -0.15) is 0 Å². The molecule has 0 fully saturated rings. The van der Waals surface area contributed by atoms with Gasteiger partial charge in [0.1, 0.15) is 5.82 Å². The standard InChI is InChI=1S/C9H10ClFO/c1-2-9(12)7-4-3-6(11)5-8(7)10/h3-5,9,12H,2H2,1H3/t9-/m0/s1. The molecule has 1 nitrogen and oxygen atoms in total. The average Bonchev–Trinajstić information content (AvgIpc) is 2.03. The fraction of sp³-hybridized carbons (Fsp3) is 0.333. The maximum atomic E-state index is 12.5. The first-order valence-corrected chi connectivity index (χ1v) is 4.16. The van der Waals surface area contributed by atoms with E-state index in [0.717, 1.165) is 0 Å². The zero-order chi connectivity index (χ0) is 9.14. The van der Waals surface area contributed by atoms with Crippen LogP contribution in [0.3, 0.4) is 0 Å². The molecule has 0 aliphatic carbocycles. The third kappa shape index (κ3) is 1.96. The van der Waals surface area contributed by atoms with Crippen LogP contribution in [0.1, 0.15) is 25.0 Å². The van der Waals surface area contributed by atoms with Gasteiger partial charge in [-0.25, -0.2) is 4.39 Å². The van der Waals surface area contributed by atoms with Gasteiger partial charge in [-0.15, -0.1) is 0 Å². The van der Waals surface area contributed by atoms with E-state index in [9.17, 15) is 9.50 Å². The van der Waals surface area contributed by atoms with Crippen LogP contribution in [-0.4, -0.2) is 5.11 Å². The van der Waals surface area contributed by atoms with E-state index in [2.05, 4.69) is 0 Å². The van der Waals surface area contributed by atoms with E-state index in [4.69, 9.17) is 11.6 Å². The monoisotopic (exact) mass is 188 g/mol. The number of hydrogen-bond acceptors (Lipinski definition) is 1. The Labute approximate surface area is 75.8 Å². The lowest BCUT2D eigenvalue weighted by Crippen LogP contribution is -1.96. The van der Waals surface area contributed by atoms with Crippen molar-refractivity contribution >= 4 is 11.6 Å². The number of rotatable bonds is 2. The second-order valence-corrected chi connectivity index (χ2v) is 3.00. The lowest BCUT2D eigenvalue weighted by atomic mass is 10.1. The Morgan fingerprint density at radius 1 is 1.58 bits per heavy atom. The highest BCUT2D eigenvalue weighted by Crippen LogP contribution is 2.25. The van der Waals surface area contributed by atoms with Crippen LogP contribution in [0.2, 0.25) is 5.02 Å². The molecule has 0 radical (unpaired) electrons. The number of aliphatic hydroxyl groups is 1. The molecule has 1 atom stereocenters. The van der Waals surface area contributed by atoms with Crippen LogP contribution in [-0.2, 0) is 0 Å². The zero-order valence-electron chi connectivity index (χ0n) is 6.72. The molecule has 0 aromatic heterocycles. The molecule has 0 amide bonds. The smallest absolute Gasteiger partial charge is 0.124 e. The second-order valence-electron chi connectivity index (χ2n) is 2.59. The Kier molecular flexibility index (Phi) is 3.06. The summed E-state index contributed by atoms with van der Waals surface area (Å²) in [5.41, 5.74) is 0.584. The first kappa shape index (κ1) is 9.49. The highest BCUT2D eigenvalue weighted by molar-refractivity contribution is 6.31. The fourth-order valence-electron chi connectivity index (χ4n) is 0.992. The topological polar surface area (TPSA) is 20.2 Å². The van der Waals surface area contributed by atoms with E-state index in [1.165, 1.54) is 18.2 Å². The number of hydrogen-bond donors (Lipinski definition) is 1. The summed E-state index contributed by atoms with van der Waals surface area (Å²) < 4.78 is 12.5. The summed E-state index contributed by atoms with van der Waals surface area (Å²) in [6, 6.07) is 4.00. The zero-order valence-corrected chi connectivity index (χ0v) is 7.48. The SMILES string of the molecule is CC[C@H](O)c1ccc(F)cc1Cl. The molecule has 0 aliphatic rings. The van der Waals surface area contributed by atoms with Gasteiger partial charge in [0.15, 0.2) is 0 Å². The van der Waals surface area contributed by atoms with Crippen molar-refractivity contribution in [3.63, 3.8) is 0 Å². The highest BCUT2D eigenvalue weighted by Gasteiger charge is 2.09. The quantitative estimate of drug-likeness (QED) is 0.757. The van der Waals surface area contributed by atoms with Crippen molar-refractivity contribution < 1.29 is 9.50 Å². The normalized spacial score (nSPS) is 13.0. The average molecular weight is 189 g/mol. The van der Waals surface area contributed by atoms with Gasteiger partial charge in [-0.05, 0) is 24.1 Å². The molecule has 0 bridgehead atoms. The van der Waals surface area contributed by atoms with E-state index >= 15 is 0 Å². The van der Waals surface area contributed by atoms with Gasteiger partial charge in [0.05, 0.1) is 6.10 Å².